The first-order valence-corrected chi connectivity index (χ1v) is 2.39. The molecule has 0 radical (unpaired) electrons. The molecule has 0 amide bonds. The Balaban J connectivity index is 2.63. The summed E-state index contributed by atoms with van der Waals surface area (Å²) >= 11 is 0. The van der Waals surface area contributed by atoms with Crippen LogP contribution in [0.5, 0.6) is 0 Å². The molecule has 1 aliphatic rings. The lowest BCUT2D eigenvalue weighted by atomic mass is 10.5. The molecule has 0 heterocycles. The van der Waals surface area contributed by atoms with E-state index >= 15 is 0 Å². The van der Waals surface area contributed by atoms with Gasteiger partial charge in [0.15, 0.2) is 0 Å². The van der Waals surface area contributed by atoms with Crippen LogP contribution in [0, 0.1) is 0 Å². The molecule has 0 N–H and O–H groups in total. The third-order valence-electron chi connectivity index (χ3n) is 1.16. The zero-order valence-electron chi connectivity index (χ0n) is 4.49. The Morgan fingerprint density at radius 2 is 2.43 bits per heavy atom. The van der Waals surface area contributed by atoms with Crippen molar-refractivity contribution in [3.8, 4) is 0 Å². The molecule has 0 spiro atoms. The van der Waals surface area contributed by atoms with Gasteiger partial charge in [0.2, 0.25) is 0 Å². The SMILES string of the molecule is C=C=CC1=C(C)C1. The van der Waals surface area contributed by atoms with E-state index in [2.05, 4.69) is 19.2 Å². The van der Waals surface area contributed by atoms with Gasteiger partial charge in [0, 0.05) is 0 Å². The van der Waals surface area contributed by atoms with Crippen molar-refractivity contribution in [1.82, 2.24) is 0 Å². The number of hydrogen-bond donors (Lipinski definition) is 0. The maximum absolute atomic E-state index is 3.46. The Morgan fingerprint density at radius 1 is 1.86 bits per heavy atom. The molecule has 0 atom stereocenters. The number of rotatable bonds is 1. The van der Waals surface area contributed by atoms with E-state index in [4.69, 9.17) is 0 Å². The van der Waals surface area contributed by atoms with Crippen molar-refractivity contribution in [3.63, 3.8) is 0 Å². The monoisotopic (exact) mass is 92.1 g/mol. The van der Waals surface area contributed by atoms with Gasteiger partial charge in [-0.05, 0) is 25.0 Å². The fraction of sp³-hybridized carbons (Fsp3) is 0.286. The van der Waals surface area contributed by atoms with Gasteiger partial charge in [0.05, 0.1) is 0 Å². The van der Waals surface area contributed by atoms with Crippen LogP contribution in [0.15, 0.2) is 29.5 Å². The second kappa shape index (κ2) is 1.40. The highest BCUT2D eigenvalue weighted by molar-refractivity contribution is 5.41. The maximum Gasteiger partial charge on any atom is -0.00580 e. The average Bonchev–Trinajstić information content (AvgIpc) is 2.22. The molecule has 7 heavy (non-hydrogen) atoms. The van der Waals surface area contributed by atoms with Crippen molar-refractivity contribution < 1.29 is 0 Å². The average molecular weight is 92.1 g/mol. The first-order valence-electron chi connectivity index (χ1n) is 2.39. The smallest absolute Gasteiger partial charge is 0.00580 e. The van der Waals surface area contributed by atoms with Gasteiger partial charge in [-0.15, -0.1) is 5.73 Å². The molecular formula is C7H8. The fourth-order valence-corrected chi connectivity index (χ4v) is 0.539. The maximum atomic E-state index is 3.46. The zero-order valence-corrected chi connectivity index (χ0v) is 4.49. The van der Waals surface area contributed by atoms with Crippen LogP contribution in [-0.4, -0.2) is 0 Å². The molecule has 0 unspecified atom stereocenters. The van der Waals surface area contributed by atoms with Gasteiger partial charge >= 0.3 is 0 Å². The Morgan fingerprint density at radius 3 is 2.57 bits per heavy atom. The van der Waals surface area contributed by atoms with Gasteiger partial charge in [0.25, 0.3) is 0 Å². The minimum atomic E-state index is 1.18. The molecule has 0 bridgehead atoms. The second-order valence-electron chi connectivity index (χ2n) is 1.83. The summed E-state index contributed by atoms with van der Waals surface area (Å²) in [5.41, 5.74) is 5.62. The summed E-state index contributed by atoms with van der Waals surface area (Å²) in [7, 11) is 0. The summed E-state index contributed by atoms with van der Waals surface area (Å²) in [5, 5.41) is 0. The number of hydrogen-bond acceptors (Lipinski definition) is 0. The van der Waals surface area contributed by atoms with Crippen LogP contribution < -0.4 is 0 Å². The van der Waals surface area contributed by atoms with Crippen LogP contribution in [-0.2, 0) is 0 Å². The first kappa shape index (κ1) is 4.42. The van der Waals surface area contributed by atoms with Crippen LogP contribution in [0.1, 0.15) is 13.3 Å². The number of allylic oxidation sites excluding steroid dienone is 3. The predicted octanol–water partition coefficient (Wildman–Crippen LogP) is 2.05. The topological polar surface area (TPSA) is 0 Å². The highest BCUT2D eigenvalue weighted by Gasteiger charge is 2.11. The molecule has 0 aliphatic heterocycles. The third-order valence-corrected chi connectivity index (χ3v) is 1.16. The van der Waals surface area contributed by atoms with Crippen LogP contribution in [0.2, 0.25) is 0 Å². The normalized spacial score (nSPS) is 16.1. The third kappa shape index (κ3) is 0.819. The lowest BCUT2D eigenvalue weighted by Gasteiger charge is -1.58. The van der Waals surface area contributed by atoms with Crippen LogP contribution in [0.4, 0.5) is 0 Å². The summed E-state index contributed by atoms with van der Waals surface area (Å²) in [6.07, 6.45) is 3.12. The summed E-state index contributed by atoms with van der Waals surface area (Å²) in [6.45, 7) is 5.59. The van der Waals surface area contributed by atoms with E-state index in [9.17, 15) is 0 Å². The van der Waals surface area contributed by atoms with Crippen molar-refractivity contribution in [1.29, 1.82) is 0 Å². The fourth-order valence-electron chi connectivity index (χ4n) is 0.539. The minimum Gasteiger partial charge on any atom is -0.128 e. The Kier molecular flexibility index (Phi) is 0.883. The quantitative estimate of drug-likeness (QED) is 0.434. The highest BCUT2D eigenvalue weighted by Crippen LogP contribution is 2.29. The summed E-state index contributed by atoms with van der Waals surface area (Å²) in [5.74, 6) is 0. The van der Waals surface area contributed by atoms with Crippen molar-refractivity contribution in [2.75, 3.05) is 0 Å². The van der Waals surface area contributed by atoms with Gasteiger partial charge < -0.3 is 0 Å². The molecule has 0 heteroatoms. The summed E-state index contributed by atoms with van der Waals surface area (Å²) in [4.78, 5) is 0. The Labute approximate surface area is 43.9 Å². The molecule has 36 valence electrons. The van der Waals surface area contributed by atoms with E-state index in [-0.39, 0.29) is 0 Å². The molecule has 0 aromatic heterocycles. The highest BCUT2D eigenvalue weighted by atomic mass is 14.2. The molecule has 0 nitrogen and oxygen atoms in total. The molecule has 1 rings (SSSR count). The van der Waals surface area contributed by atoms with E-state index in [1.165, 1.54) is 17.6 Å². The van der Waals surface area contributed by atoms with E-state index in [1.54, 1.807) is 0 Å². The molecule has 0 fully saturated rings. The lowest BCUT2D eigenvalue weighted by Crippen LogP contribution is -1.39. The van der Waals surface area contributed by atoms with E-state index in [0.717, 1.165) is 0 Å². The van der Waals surface area contributed by atoms with Crippen molar-refractivity contribution >= 4 is 0 Å². The molecule has 1 aliphatic carbocycles. The Bertz CT molecular complexity index is 152. The lowest BCUT2D eigenvalue weighted by molar-refractivity contribution is 1.46. The van der Waals surface area contributed by atoms with Crippen LogP contribution in [0.3, 0.4) is 0 Å². The van der Waals surface area contributed by atoms with E-state index in [0.29, 0.717) is 0 Å². The second-order valence-corrected chi connectivity index (χ2v) is 1.83. The predicted molar refractivity (Wildman–Crippen MR) is 31.0 cm³/mol. The van der Waals surface area contributed by atoms with Crippen molar-refractivity contribution in [3.05, 3.63) is 29.5 Å². The summed E-state index contributed by atoms with van der Waals surface area (Å²) < 4.78 is 0. The summed E-state index contributed by atoms with van der Waals surface area (Å²) in [6, 6.07) is 0. The standard InChI is InChI=1S/C7H8/c1-3-4-7-5-6(7)2/h4H,1,5H2,2H3. The van der Waals surface area contributed by atoms with Crippen LogP contribution >= 0.6 is 0 Å². The van der Waals surface area contributed by atoms with Gasteiger partial charge in [-0.3, -0.25) is 0 Å². The van der Waals surface area contributed by atoms with Crippen molar-refractivity contribution in [2.24, 2.45) is 0 Å². The molecule has 0 aromatic rings. The largest absolute Gasteiger partial charge is 0.128 e. The zero-order chi connectivity index (χ0) is 5.28. The van der Waals surface area contributed by atoms with E-state index < -0.39 is 0 Å². The minimum absolute atomic E-state index is 1.18. The molecule has 0 saturated carbocycles. The van der Waals surface area contributed by atoms with Gasteiger partial charge in [-0.1, -0.05) is 12.2 Å². The first-order chi connectivity index (χ1) is 3.34. The molecule has 0 saturated heterocycles. The van der Waals surface area contributed by atoms with E-state index in [1.807, 2.05) is 6.08 Å². The van der Waals surface area contributed by atoms with Gasteiger partial charge in [0.1, 0.15) is 0 Å². The van der Waals surface area contributed by atoms with Gasteiger partial charge in [-0.2, -0.15) is 0 Å². The Hall–Kier alpha value is -0.740. The van der Waals surface area contributed by atoms with Crippen LogP contribution in [0.25, 0.3) is 0 Å². The molecule has 0 aromatic carbocycles. The molecular weight excluding hydrogens is 84.1 g/mol. The van der Waals surface area contributed by atoms with Crippen molar-refractivity contribution in [2.45, 2.75) is 13.3 Å². The van der Waals surface area contributed by atoms with Gasteiger partial charge in [-0.25, -0.2) is 0 Å².